The summed E-state index contributed by atoms with van der Waals surface area (Å²) in [6, 6.07) is 3.10. The van der Waals surface area contributed by atoms with Gasteiger partial charge in [-0.25, -0.2) is 5.90 Å². The highest BCUT2D eigenvalue weighted by molar-refractivity contribution is 6.30. The molecular formula is C9H12ClNO3. The molecule has 0 aromatic heterocycles. The van der Waals surface area contributed by atoms with Gasteiger partial charge in [0.2, 0.25) is 0 Å². The van der Waals surface area contributed by atoms with Gasteiger partial charge in [0.1, 0.15) is 6.10 Å². The third kappa shape index (κ3) is 2.09. The van der Waals surface area contributed by atoms with Crippen molar-refractivity contribution < 1.29 is 14.7 Å². The first-order chi connectivity index (χ1) is 6.60. The van der Waals surface area contributed by atoms with Crippen molar-refractivity contribution in [3.05, 3.63) is 22.7 Å². The molecule has 3 N–H and O–H groups in total. The number of halogens is 1. The highest BCUT2D eigenvalue weighted by Crippen LogP contribution is 2.37. The Hall–Kier alpha value is -0.970. The van der Waals surface area contributed by atoms with Gasteiger partial charge < -0.3 is 9.84 Å². The summed E-state index contributed by atoms with van der Waals surface area (Å²) in [4.78, 5) is 4.60. The largest absolute Gasteiger partial charge is 0.504 e. The van der Waals surface area contributed by atoms with E-state index in [-0.39, 0.29) is 5.75 Å². The topological polar surface area (TPSA) is 64.7 Å². The van der Waals surface area contributed by atoms with Gasteiger partial charge in [0.05, 0.1) is 7.11 Å². The Morgan fingerprint density at radius 3 is 2.64 bits per heavy atom. The zero-order valence-corrected chi connectivity index (χ0v) is 8.71. The van der Waals surface area contributed by atoms with Gasteiger partial charge in [-0.3, -0.25) is 4.84 Å². The summed E-state index contributed by atoms with van der Waals surface area (Å²) >= 11 is 5.81. The minimum Gasteiger partial charge on any atom is -0.504 e. The Balaban J connectivity index is 3.21. The van der Waals surface area contributed by atoms with Gasteiger partial charge in [0.25, 0.3) is 0 Å². The van der Waals surface area contributed by atoms with Gasteiger partial charge in [-0.1, -0.05) is 11.6 Å². The van der Waals surface area contributed by atoms with Crippen LogP contribution in [0.25, 0.3) is 0 Å². The van der Waals surface area contributed by atoms with E-state index in [2.05, 4.69) is 4.84 Å². The number of ether oxygens (including phenoxy) is 1. The smallest absolute Gasteiger partial charge is 0.163 e. The average Bonchev–Trinajstić information content (AvgIpc) is 2.19. The molecule has 0 fully saturated rings. The van der Waals surface area contributed by atoms with E-state index >= 15 is 0 Å². The van der Waals surface area contributed by atoms with Crippen LogP contribution in [0, 0.1) is 0 Å². The molecule has 0 spiro atoms. The summed E-state index contributed by atoms with van der Waals surface area (Å²) in [5, 5.41) is 10.2. The molecule has 1 rings (SSSR count). The van der Waals surface area contributed by atoms with Crippen LogP contribution in [0.1, 0.15) is 18.6 Å². The number of hydrogen-bond acceptors (Lipinski definition) is 4. The van der Waals surface area contributed by atoms with E-state index in [1.54, 1.807) is 13.0 Å². The van der Waals surface area contributed by atoms with Crippen LogP contribution in [0.2, 0.25) is 5.02 Å². The number of aromatic hydroxyl groups is 1. The monoisotopic (exact) mass is 217 g/mol. The molecule has 78 valence electrons. The molecule has 1 unspecified atom stereocenters. The van der Waals surface area contributed by atoms with E-state index in [0.29, 0.717) is 16.3 Å². The number of nitrogens with two attached hydrogens (primary N) is 1. The van der Waals surface area contributed by atoms with Gasteiger partial charge in [-0.2, -0.15) is 0 Å². The van der Waals surface area contributed by atoms with Gasteiger partial charge in [0, 0.05) is 16.7 Å². The van der Waals surface area contributed by atoms with Crippen molar-refractivity contribution in [3.63, 3.8) is 0 Å². The van der Waals surface area contributed by atoms with Gasteiger partial charge >= 0.3 is 0 Å². The standard InChI is InChI=1S/C9H12ClNO3/c1-5(14-11)7-3-6(10)4-8(13-2)9(7)12/h3-5,12H,11H2,1-2H3. The third-order valence-corrected chi connectivity index (χ3v) is 2.15. The zero-order valence-electron chi connectivity index (χ0n) is 7.95. The second-order valence-electron chi connectivity index (χ2n) is 2.82. The fourth-order valence-corrected chi connectivity index (χ4v) is 1.35. The Bertz CT molecular complexity index is 330. The molecule has 0 aliphatic heterocycles. The number of phenolic OH excluding ortho intramolecular Hbond substituents is 1. The lowest BCUT2D eigenvalue weighted by Crippen LogP contribution is -2.06. The van der Waals surface area contributed by atoms with Crippen molar-refractivity contribution in [2.75, 3.05) is 7.11 Å². The third-order valence-electron chi connectivity index (χ3n) is 1.93. The number of benzene rings is 1. The quantitative estimate of drug-likeness (QED) is 0.761. The van der Waals surface area contributed by atoms with Crippen molar-refractivity contribution in [2.45, 2.75) is 13.0 Å². The second kappa shape index (κ2) is 4.50. The maximum Gasteiger partial charge on any atom is 0.163 e. The molecule has 0 heterocycles. The lowest BCUT2D eigenvalue weighted by molar-refractivity contribution is 0.0644. The summed E-state index contributed by atoms with van der Waals surface area (Å²) in [6.07, 6.45) is -0.442. The van der Waals surface area contributed by atoms with Gasteiger partial charge in [0.15, 0.2) is 11.5 Å². The minimum atomic E-state index is -0.442. The number of hydrogen-bond donors (Lipinski definition) is 2. The molecule has 4 nitrogen and oxygen atoms in total. The predicted molar refractivity (Wildman–Crippen MR) is 53.4 cm³/mol. The van der Waals surface area contributed by atoms with E-state index in [1.165, 1.54) is 13.2 Å². The Morgan fingerprint density at radius 1 is 1.50 bits per heavy atom. The van der Waals surface area contributed by atoms with Crippen LogP contribution in [0.4, 0.5) is 0 Å². The molecule has 0 saturated carbocycles. The minimum absolute atomic E-state index is 0.00477. The number of methoxy groups -OCH3 is 1. The van der Waals surface area contributed by atoms with Crippen LogP contribution in [0.15, 0.2) is 12.1 Å². The maximum absolute atomic E-state index is 9.70. The summed E-state index contributed by atoms with van der Waals surface area (Å²) in [6.45, 7) is 1.70. The van der Waals surface area contributed by atoms with Crippen LogP contribution in [0.3, 0.4) is 0 Å². The first-order valence-corrected chi connectivity index (χ1v) is 4.40. The molecule has 0 amide bonds. The van der Waals surface area contributed by atoms with Crippen molar-refractivity contribution >= 4 is 11.6 Å². The van der Waals surface area contributed by atoms with Crippen molar-refractivity contribution in [1.82, 2.24) is 0 Å². The zero-order chi connectivity index (χ0) is 10.7. The molecule has 0 aliphatic rings. The number of rotatable bonds is 3. The van der Waals surface area contributed by atoms with Gasteiger partial charge in [-0.05, 0) is 13.0 Å². The molecular weight excluding hydrogens is 206 g/mol. The molecule has 0 aliphatic carbocycles. The normalized spacial score (nSPS) is 12.6. The van der Waals surface area contributed by atoms with Crippen LogP contribution in [-0.4, -0.2) is 12.2 Å². The molecule has 0 radical (unpaired) electrons. The molecule has 0 saturated heterocycles. The Kier molecular flexibility index (Phi) is 3.57. The summed E-state index contributed by atoms with van der Waals surface area (Å²) < 4.78 is 4.93. The Morgan fingerprint density at radius 2 is 2.14 bits per heavy atom. The first kappa shape index (κ1) is 11.1. The molecule has 1 aromatic rings. The fraction of sp³-hybridized carbons (Fsp3) is 0.333. The second-order valence-corrected chi connectivity index (χ2v) is 3.26. The van der Waals surface area contributed by atoms with E-state index in [4.69, 9.17) is 22.2 Å². The SMILES string of the molecule is COc1cc(Cl)cc(C(C)ON)c1O. The average molecular weight is 218 g/mol. The van der Waals surface area contributed by atoms with Crippen molar-refractivity contribution in [3.8, 4) is 11.5 Å². The predicted octanol–water partition coefficient (Wildman–Crippen LogP) is 2.01. The van der Waals surface area contributed by atoms with Gasteiger partial charge in [-0.15, -0.1) is 0 Å². The van der Waals surface area contributed by atoms with Crippen molar-refractivity contribution in [2.24, 2.45) is 5.90 Å². The summed E-state index contributed by atoms with van der Waals surface area (Å²) in [5.74, 6) is 5.32. The molecule has 1 atom stereocenters. The molecule has 5 heteroatoms. The summed E-state index contributed by atoms with van der Waals surface area (Å²) in [5.41, 5.74) is 0.497. The Labute approximate surface area is 87.1 Å². The maximum atomic E-state index is 9.70. The first-order valence-electron chi connectivity index (χ1n) is 4.02. The van der Waals surface area contributed by atoms with E-state index < -0.39 is 6.10 Å². The molecule has 0 bridgehead atoms. The highest BCUT2D eigenvalue weighted by atomic mass is 35.5. The molecule has 1 aromatic carbocycles. The van der Waals surface area contributed by atoms with E-state index in [0.717, 1.165) is 0 Å². The van der Waals surface area contributed by atoms with Crippen LogP contribution in [0.5, 0.6) is 11.5 Å². The van der Waals surface area contributed by atoms with Crippen molar-refractivity contribution in [1.29, 1.82) is 0 Å². The highest BCUT2D eigenvalue weighted by Gasteiger charge is 2.15. The fourth-order valence-electron chi connectivity index (χ4n) is 1.13. The van der Waals surface area contributed by atoms with Crippen LogP contribution < -0.4 is 10.6 Å². The molecule has 14 heavy (non-hydrogen) atoms. The van der Waals surface area contributed by atoms with E-state index in [9.17, 15) is 5.11 Å². The van der Waals surface area contributed by atoms with Crippen LogP contribution in [-0.2, 0) is 4.84 Å². The lowest BCUT2D eigenvalue weighted by atomic mass is 10.1. The van der Waals surface area contributed by atoms with E-state index in [1.807, 2.05) is 0 Å². The summed E-state index contributed by atoms with van der Waals surface area (Å²) in [7, 11) is 1.45. The number of phenols is 1. The lowest BCUT2D eigenvalue weighted by Gasteiger charge is -2.13. The van der Waals surface area contributed by atoms with Crippen LogP contribution >= 0.6 is 11.6 Å².